The van der Waals surface area contributed by atoms with Crippen LogP contribution < -0.4 is 5.32 Å². The first kappa shape index (κ1) is 16.2. The topological polar surface area (TPSA) is 49.4 Å². The molecule has 2 aromatic rings. The predicted molar refractivity (Wildman–Crippen MR) is 90.3 cm³/mol. The molecule has 1 aliphatic heterocycles. The first-order chi connectivity index (χ1) is 11.6. The normalized spacial score (nSPS) is 16.9. The van der Waals surface area contributed by atoms with Gasteiger partial charge in [-0.1, -0.05) is 18.2 Å². The van der Waals surface area contributed by atoms with Gasteiger partial charge in [-0.3, -0.25) is 9.59 Å². The standard InChI is InChI=1S/C19H19FN2O2/c1-13-5-2-3-6-16(13)21-18(23)17-7-4-12-22(17)19(24)14-8-10-15(20)11-9-14/h2-3,5-6,8-11,17H,4,7,12H2,1H3,(H,21,23)/t17-/m1/s1. The van der Waals surface area contributed by atoms with E-state index in [1.165, 1.54) is 24.3 Å². The van der Waals surface area contributed by atoms with Gasteiger partial charge in [0, 0.05) is 17.8 Å². The minimum atomic E-state index is -0.498. The Labute approximate surface area is 140 Å². The SMILES string of the molecule is Cc1ccccc1NC(=O)[C@H]1CCCN1C(=O)c1ccc(F)cc1. The number of halogens is 1. The van der Waals surface area contributed by atoms with Gasteiger partial charge in [-0.2, -0.15) is 0 Å². The zero-order valence-electron chi connectivity index (χ0n) is 13.5. The Kier molecular flexibility index (Phi) is 4.60. The molecule has 0 radical (unpaired) electrons. The third kappa shape index (κ3) is 3.30. The number of carbonyl (C=O) groups is 2. The minimum Gasteiger partial charge on any atom is -0.327 e. The second-order valence-electron chi connectivity index (χ2n) is 5.97. The second-order valence-corrected chi connectivity index (χ2v) is 5.97. The number of anilines is 1. The molecule has 0 aliphatic carbocycles. The molecule has 1 fully saturated rings. The van der Waals surface area contributed by atoms with Gasteiger partial charge < -0.3 is 10.2 Å². The van der Waals surface area contributed by atoms with Crippen LogP contribution in [-0.2, 0) is 4.79 Å². The van der Waals surface area contributed by atoms with Crippen LogP contribution in [0.4, 0.5) is 10.1 Å². The van der Waals surface area contributed by atoms with E-state index in [9.17, 15) is 14.0 Å². The highest BCUT2D eigenvalue weighted by atomic mass is 19.1. The first-order valence-electron chi connectivity index (χ1n) is 7.99. The lowest BCUT2D eigenvalue weighted by Gasteiger charge is -2.24. The summed E-state index contributed by atoms with van der Waals surface area (Å²) in [5, 5.41) is 2.90. The van der Waals surface area contributed by atoms with E-state index in [0.717, 1.165) is 17.7 Å². The van der Waals surface area contributed by atoms with Gasteiger partial charge in [0.1, 0.15) is 11.9 Å². The van der Waals surface area contributed by atoms with E-state index in [1.807, 2.05) is 31.2 Å². The molecule has 124 valence electrons. The molecule has 3 rings (SSSR count). The van der Waals surface area contributed by atoms with Crippen molar-refractivity contribution in [2.24, 2.45) is 0 Å². The van der Waals surface area contributed by atoms with E-state index in [-0.39, 0.29) is 17.6 Å². The van der Waals surface area contributed by atoms with Gasteiger partial charge in [0.2, 0.25) is 5.91 Å². The lowest BCUT2D eigenvalue weighted by Crippen LogP contribution is -2.43. The molecule has 1 saturated heterocycles. The van der Waals surface area contributed by atoms with Gasteiger partial charge in [0.25, 0.3) is 5.91 Å². The number of aryl methyl sites for hydroxylation is 1. The van der Waals surface area contributed by atoms with Gasteiger partial charge >= 0.3 is 0 Å². The lowest BCUT2D eigenvalue weighted by molar-refractivity contribution is -0.119. The van der Waals surface area contributed by atoms with Crippen molar-refractivity contribution in [1.82, 2.24) is 4.90 Å². The smallest absolute Gasteiger partial charge is 0.254 e. The molecular weight excluding hydrogens is 307 g/mol. The van der Waals surface area contributed by atoms with E-state index in [0.29, 0.717) is 18.5 Å². The number of likely N-dealkylation sites (tertiary alicyclic amines) is 1. The van der Waals surface area contributed by atoms with Gasteiger partial charge in [-0.05, 0) is 55.7 Å². The van der Waals surface area contributed by atoms with Crippen molar-refractivity contribution < 1.29 is 14.0 Å². The number of para-hydroxylation sites is 1. The summed E-state index contributed by atoms with van der Waals surface area (Å²) in [6, 6.07) is 12.4. The molecule has 1 heterocycles. The Balaban J connectivity index is 1.75. The number of nitrogens with one attached hydrogen (secondary N) is 1. The second kappa shape index (κ2) is 6.83. The van der Waals surface area contributed by atoms with Gasteiger partial charge in [-0.15, -0.1) is 0 Å². The van der Waals surface area contributed by atoms with Gasteiger partial charge in [0.15, 0.2) is 0 Å². The Bertz CT molecular complexity index is 758. The van der Waals surface area contributed by atoms with Crippen molar-refractivity contribution >= 4 is 17.5 Å². The number of rotatable bonds is 3. The molecule has 1 N–H and O–H groups in total. The first-order valence-corrected chi connectivity index (χ1v) is 7.99. The number of nitrogens with zero attached hydrogens (tertiary/aromatic N) is 1. The summed E-state index contributed by atoms with van der Waals surface area (Å²) in [5.74, 6) is -0.809. The molecule has 0 bridgehead atoms. The maximum atomic E-state index is 13.0. The van der Waals surface area contributed by atoms with Crippen molar-refractivity contribution in [2.75, 3.05) is 11.9 Å². The molecule has 0 saturated carbocycles. The summed E-state index contributed by atoms with van der Waals surface area (Å²) in [6.45, 7) is 2.45. The number of carbonyl (C=O) groups excluding carboxylic acids is 2. The molecule has 5 heteroatoms. The van der Waals surface area contributed by atoms with Crippen molar-refractivity contribution in [3.63, 3.8) is 0 Å². The number of amides is 2. The van der Waals surface area contributed by atoms with Gasteiger partial charge in [0.05, 0.1) is 0 Å². The maximum absolute atomic E-state index is 13.0. The highest BCUT2D eigenvalue weighted by molar-refractivity contribution is 6.01. The van der Waals surface area contributed by atoms with E-state index in [2.05, 4.69) is 5.32 Å². The third-order valence-corrected chi connectivity index (χ3v) is 4.31. The number of benzene rings is 2. The molecule has 1 atom stereocenters. The average Bonchev–Trinajstić information content (AvgIpc) is 3.07. The van der Waals surface area contributed by atoms with E-state index in [1.54, 1.807) is 4.90 Å². The fourth-order valence-electron chi connectivity index (χ4n) is 2.97. The third-order valence-electron chi connectivity index (χ3n) is 4.31. The molecule has 1 aliphatic rings. The van der Waals surface area contributed by atoms with Crippen LogP contribution in [0, 0.1) is 12.7 Å². The number of hydrogen-bond donors (Lipinski definition) is 1. The zero-order chi connectivity index (χ0) is 17.1. The van der Waals surface area contributed by atoms with Crippen molar-refractivity contribution in [3.8, 4) is 0 Å². The Morgan fingerprint density at radius 3 is 2.54 bits per heavy atom. The monoisotopic (exact) mass is 326 g/mol. The molecule has 2 amide bonds. The van der Waals surface area contributed by atoms with Crippen LogP contribution in [0.1, 0.15) is 28.8 Å². The highest BCUT2D eigenvalue weighted by Gasteiger charge is 2.34. The summed E-state index contributed by atoms with van der Waals surface area (Å²) < 4.78 is 13.0. The Morgan fingerprint density at radius 1 is 1.12 bits per heavy atom. The maximum Gasteiger partial charge on any atom is 0.254 e. The molecule has 24 heavy (non-hydrogen) atoms. The summed E-state index contributed by atoms with van der Waals surface area (Å²) in [5.41, 5.74) is 2.12. The van der Waals surface area contributed by atoms with Crippen molar-refractivity contribution in [1.29, 1.82) is 0 Å². The lowest BCUT2D eigenvalue weighted by atomic mass is 10.1. The largest absolute Gasteiger partial charge is 0.327 e. The van der Waals surface area contributed by atoms with Gasteiger partial charge in [-0.25, -0.2) is 4.39 Å². The van der Waals surface area contributed by atoms with E-state index >= 15 is 0 Å². The summed E-state index contributed by atoms with van der Waals surface area (Å²) in [7, 11) is 0. The Morgan fingerprint density at radius 2 is 1.83 bits per heavy atom. The summed E-state index contributed by atoms with van der Waals surface area (Å²) >= 11 is 0. The molecular formula is C19H19FN2O2. The Hall–Kier alpha value is -2.69. The van der Waals surface area contributed by atoms with Crippen LogP contribution in [-0.4, -0.2) is 29.3 Å². The average molecular weight is 326 g/mol. The highest BCUT2D eigenvalue weighted by Crippen LogP contribution is 2.23. The fraction of sp³-hybridized carbons (Fsp3) is 0.263. The van der Waals surface area contributed by atoms with Crippen LogP contribution >= 0.6 is 0 Å². The zero-order valence-corrected chi connectivity index (χ0v) is 13.5. The predicted octanol–water partition coefficient (Wildman–Crippen LogP) is 3.38. The van der Waals surface area contributed by atoms with Crippen LogP contribution in [0.3, 0.4) is 0 Å². The summed E-state index contributed by atoms with van der Waals surface area (Å²) in [4.78, 5) is 26.8. The molecule has 2 aromatic carbocycles. The minimum absolute atomic E-state index is 0.183. The molecule has 0 unspecified atom stereocenters. The molecule has 0 aromatic heterocycles. The van der Waals surface area contributed by atoms with Crippen LogP contribution in [0.5, 0.6) is 0 Å². The quantitative estimate of drug-likeness (QED) is 0.940. The van der Waals surface area contributed by atoms with Crippen LogP contribution in [0.2, 0.25) is 0 Å². The number of hydrogen-bond acceptors (Lipinski definition) is 2. The van der Waals surface area contributed by atoms with E-state index in [4.69, 9.17) is 0 Å². The molecule has 4 nitrogen and oxygen atoms in total. The van der Waals surface area contributed by atoms with Crippen molar-refractivity contribution in [3.05, 3.63) is 65.5 Å². The van der Waals surface area contributed by atoms with Crippen molar-refractivity contribution in [2.45, 2.75) is 25.8 Å². The molecule has 0 spiro atoms. The fourth-order valence-corrected chi connectivity index (χ4v) is 2.97. The summed E-state index contributed by atoms with van der Waals surface area (Å²) in [6.07, 6.45) is 1.41. The van der Waals surface area contributed by atoms with E-state index < -0.39 is 6.04 Å². The van der Waals surface area contributed by atoms with Crippen LogP contribution in [0.25, 0.3) is 0 Å². The van der Waals surface area contributed by atoms with Crippen LogP contribution in [0.15, 0.2) is 48.5 Å².